The third-order valence-corrected chi connectivity index (χ3v) is 6.81. The first-order valence-corrected chi connectivity index (χ1v) is 15.4. The fraction of sp³-hybridized carbons (Fsp3) is 0.276. The number of nitrogens with one attached hydrogen (secondary N) is 2. The lowest BCUT2D eigenvalue weighted by molar-refractivity contribution is -0.111. The van der Waals surface area contributed by atoms with Crippen molar-refractivity contribution >= 4 is 55.9 Å². The van der Waals surface area contributed by atoms with Crippen LogP contribution in [0.5, 0.6) is 11.5 Å². The first-order valence-electron chi connectivity index (χ1n) is 13.1. The standard InChI is InChI=1S/C28H29ClN6O3.CH4O3S/c1-5-26(36)31-22-12-21(24(37-4)13-25(22)38-17-10-11-34(2)15-17)32-28-30-14-20(29)27(33-28)19-16-35(3)23-9-7-6-8-18(19)23;1-5(2,3)4/h5-9,12-14,16-17H,1,10-11,15H2,2-4H3,(H,31,36)(H,30,32,33);1H3,(H,2,3,4). The van der Waals surface area contributed by atoms with Crippen LogP contribution in [0.1, 0.15) is 6.42 Å². The van der Waals surface area contributed by atoms with Crippen LogP contribution in [0.25, 0.3) is 22.2 Å². The molecule has 1 amide bonds. The molecule has 1 aliphatic heterocycles. The highest BCUT2D eigenvalue weighted by atomic mass is 35.5. The van der Waals surface area contributed by atoms with Gasteiger partial charge in [0.2, 0.25) is 11.9 Å². The molecule has 43 heavy (non-hydrogen) atoms. The van der Waals surface area contributed by atoms with Crippen LogP contribution in [0.15, 0.2) is 61.4 Å². The molecule has 2 aromatic carbocycles. The summed E-state index contributed by atoms with van der Waals surface area (Å²) in [7, 11) is 1.94. The predicted octanol–water partition coefficient (Wildman–Crippen LogP) is 4.75. The maximum Gasteiger partial charge on any atom is 0.261 e. The lowest BCUT2D eigenvalue weighted by Gasteiger charge is -2.20. The van der Waals surface area contributed by atoms with Crippen LogP contribution >= 0.6 is 11.6 Å². The second kappa shape index (κ2) is 13.4. The SMILES string of the molecule is C=CC(=O)Nc1cc(Nc2ncc(Cl)c(-c3cn(C)c4ccccc34)n2)c(OC)cc1OC1CCN(C)C1.CS(=O)(=O)O. The number of aromatic nitrogens is 3. The summed E-state index contributed by atoms with van der Waals surface area (Å²) in [5.41, 5.74) is 3.60. The van der Waals surface area contributed by atoms with Gasteiger partial charge < -0.3 is 29.6 Å². The molecule has 14 heteroatoms. The highest BCUT2D eigenvalue weighted by molar-refractivity contribution is 7.85. The zero-order valence-electron chi connectivity index (χ0n) is 24.2. The summed E-state index contributed by atoms with van der Waals surface area (Å²) in [5.74, 6) is 0.989. The van der Waals surface area contributed by atoms with Crippen molar-refractivity contribution in [2.75, 3.05) is 44.1 Å². The third-order valence-electron chi connectivity index (χ3n) is 6.53. The Morgan fingerprint density at radius 3 is 2.58 bits per heavy atom. The zero-order chi connectivity index (χ0) is 31.3. The molecule has 3 N–H and O–H groups in total. The number of amides is 1. The molecule has 228 valence electrons. The number of benzene rings is 2. The van der Waals surface area contributed by atoms with E-state index in [-0.39, 0.29) is 12.0 Å². The Hall–Kier alpha value is -4.17. The minimum atomic E-state index is -3.67. The topological polar surface area (TPSA) is 148 Å². The minimum Gasteiger partial charge on any atom is -0.494 e. The van der Waals surface area contributed by atoms with Gasteiger partial charge in [-0.05, 0) is 31.7 Å². The molecule has 0 bridgehead atoms. The van der Waals surface area contributed by atoms with Gasteiger partial charge in [0, 0.05) is 48.9 Å². The molecule has 1 saturated heterocycles. The number of carbonyl (C=O) groups is 1. The van der Waals surface area contributed by atoms with Crippen molar-refractivity contribution in [1.29, 1.82) is 0 Å². The number of aryl methyl sites for hydroxylation is 1. The fourth-order valence-corrected chi connectivity index (χ4v) is 4.84. The molecule has 1 fully saturated rings. The Morgan fingerprint density at radius 1 is 1.21 bits per heavy atom. The number of ether oxygens (including phenoxy) is 2. The van der Waals surface area contributed by atoms with E-state index in [2.05, 4.69) is 34.1 Å². The van der Waals surface area contributed by atoms with E-state index in [4.69, 9.17) is 30.6 Å². The van der Waals surface area contributed by atoms with Gasteiger partial charge in [0.25, 0.3) is 10.1 Å². The molecule has 4 aromatic rings. The van der Waals surface area contributed by atoms with Gasteiger partial charge in [0.1, 0.15) is 17.6 Å². The van der Waals surface area contributed by atoms with Crippen LogP contribution in [-0.4, -0.2) is 77.9 Å². The molecule has 1 unspecified atom stereocenters. The monoisotopic (exact) mass is 628 g/mol. The van der Waals surface area contributed by atoms with Crippen LogP contribution in [0, 0.1) is 0 Å². The van der Waals surface area contributed by atoms with Crippen molar-refractivity contribution in [3.05, 3.63) is 66.5 Å². The first-order chi connectivity index (χ1) is 20.4. The van der Waals surface area contributed by atoms with Gasteiger partial charge in [0.05, 0.1) is 41.7 Å². The van der Waals surface area contributed by atoms with Gasteiger partial charge in [0.15, 0.2) is 0 Å². The Kier molecular flexibility index (Phi) is 9.91. The Labute approximate surface area is 255 Å². The summed E-state index contributed by atoms with van der Waals surface area (Å²) in [6, 6.07) is 11.6. The third kappa shape index (κ3) is 8.23. The summed E-state index contributed by atoms with van der Waals surface area (Å²) in [4.78, 5) is 23.5. The van der Waals surface area contributed by atoms with E-state index in [1.54, 1.807) is 25.4 Å². The van der Waals surface area contributed by atoms with E-state index >= 15 is 0 Å². The average molecular weight is 629 g/mol. The summed E-state index contributed by atoms with van der Waals surface area (Å²) in [6.07, 6.45) is 6.39. The molecule has 0 aliphatic carbocycles. The quantitative estimate of drug-likeness (QED) is 0.184. The van der Waals surface area contributed by atoms with Crippen LogP contribution in [0.3, 0.4) is 0 Å². The van der Waals surface area contributed by atoms with Gasteiger partial charge in [-0.25, -0.2) is 9.97 Å². The summed E-state index contributed by atoms with van der Waals surface area (Å²) in [6.45, 7) is 5.31. The number of para-hydroxylation sites is 1. The molecule has 1 aliphatic rings. The Balaban J connectivity index is 0.000000782. The van der Waals surface area contributed by atoms with E-state index in [0.717, 1.165) is 36.0 Å². The van der Waals surface area contributed by atoms with Crippen molar-refractivity contribution in [2.45, 2.75) is 12.5 Å². The molecule has 0 spiro atoms. The second-order valence-corrected chi connectivity index (χ2v) is 11.8. The average Bonchev–Trinajstić information content (AvgIpc) is 3.52. The van der Waals surface area contributed by atoms with E-state index in [0.29, 0.717) is 45.8 Å². The van der Waals surface area contributed by atoms with Crippen LogP contribution in [0.2, 0.25) is 5.02 Å². The number of hydrogen-bond acceptors (Lipinski definition) is 9. The number of likely N-dealkylation sites (tertiary alicyclic amines) is 1. The van der Waals surface area contributed by atoms with E-state index in [1.165, 1.54) is 6.08 Å². The number of fused-ring (bicyclic) bond motifs is 1. The Bertz CT molecular complexity index is 1750. The number of methoxy groups -OCH3 is 1. The summed E-state index contributed by atoms with van der Waals surface area (Å²) >= 11 is 6.55. The molecule has 5 rings (SSSR count). The lowest BCUT2D eigenvalue weighted by atomic mass is 10.1. The molecular formula is C29H33ClN6O6S. The largest absolute Gasteiger partial charge is 0.494 e. The molecule has 0 saturated carbocycles. The molecule has 1 atom stereocenters. The summed E-state index contributed by atoms with van der Waals surface area (Å²) in [5, 5.41) is 7.53. The van der Waals surface area contributed by atoms with E-state index < -0.39 is 10.1 Å². The van der Waals surface area contributed by atoms with Crippen LogP contribution in [-0.2, 0) is 22.0 Å². The van der Waals surface area contributed by atoms with Crippen molar-refractivity contribution in [1.82, 2.24) is 19.4 Å². The van der Waals surface area contributed by atoms with Gasteiger partial charge in [-0.3, -0.25) is 9.35 Å². The van der Waals surface area contributed by atoms with Gasteiger partial charge in [-0.15, -0.1) is 0 Å². The Morgan fingerprint density at radius 2 is 1.93 bits per heavy atom. The number of carbonyl (C=O) groups excluding carboxylic acids is 1. The van der Waals surface area contributed by atoms with Gasteiger partial charge in [-0.2, -0.15) is 8.42 Å². The molecule has 2 aromatic heterocycles. The molecule has 12 nitrogen and oxygen atoms in total. The van der Waals surface area contributed by atoms with E-state index in [9.17, 15) is 13.2 Å². The zero-order valence-corrected chi connectivity index (χ0v) is 25.7. The van der Waals surface area contributed by atoms with Crippen molar-refractivity contribution in [3.63, 3.8) is 0 Å². The number of likely N-dealkylation sites (N-methyl/N-ethyl adjacent to an activating group) is 1. The number of nitrogens with zero attached hydrogens (tertiary/aromatic N) is 4. The van der Waals surface area contributed by atoms with Crippen molar-refractivity contribution < 1.29 is 27.2 Å². The van der Waals surface area contributed by atoms with Crippen LogP contribution in [0.4, 0.5) is 17.3 Å². The predicted molar refractivity (Wildman–Crippen MR) is 168 cm³/mol. The number of hydrogen-bond donors (Lipinski definition) is 3. The maximum atomic E-state index is 12.2. The maximum absolute atomic E-state index is 12.2. The minimum absolute atomic E-state index is 0.00532. The second-order valence-electron chi connectivity index (χ2n) is 9.95. The fourth-order valence-electron chi connectivity index (χ4n) is 4.64. The molecular weight excluding hydrogens is 596 g/mol. The van der Waals surface area contributed by atoms with Crippen LogP contribution < -0.4 is 20.1 Å². The first kappa shape index (κ1) is 31.8. The highest BCUT2D eigenvalue weighted by Crippen LogP contribution is 2.40. The lowest BCUT2D eigenvalue weighted by Crippen LogP contribution is -2.22. The highest BCUT2D eigenvalue weighted by Gasteiger charge is 2.24. The normalized spacial score (nSPS) is 15.0. The number of rotatable bonds is 8. The number of halogens is 1. The van der Waals surface area contributed by atoms with Gasteiger partial charge >= 0.3 is 0 Å². The van der Waals surface area contributed by atoms with E-state index in [1.807, 2.05) is 42.1 Å². The molecule has 3 heterocycles. The molecule has 0 radical (unpaired) electrons. The smallest absolute Gasteiger partial charge is 0.261 e. The van der Waals surface area contributed by atoms with Crippen molar-refractivity contribution in [3.8, 4) is 22.8 Å². The van der Waals surface area contributed by atoms with Gasteiger partial charge in [-0.1, -0.05) is 36.4 Å². The number of anilines is 3. The van der Waals surface area contributed by atoms with Crippen molar-refractivity contribution in [2.24, 2.45) is 7.05 Å². The summed E-state index contributed by atoms with van der Waals surface area (Å²) < 4.78 is 39.8.